The SMILES string of the molecule is COc1ccc([C@H](C(=O)NC[C@H]2CCCO2)N(C(=O)CNC(=O)c2ccco2)c2cc(C)cc(C)c2)cc1OC. The Morgan fingerprint density at radius 2 is 1.75 bits per heavy atom. The number of aryl methyl sites for hydroxylation is 2. The van der Waals surface area contributed by atoms with E-state index < -0.39 is 23.8 Å². The lowest BCUT2D eigenvalue weighted by Crippen LogP contribution is -2.48. The topological polar surface area (TPSA) is 119 Å². The molecule has 3 amide bonds. The normalized spacial score (nSPS) is 15.2. The van der Waals surface area contributed by atoms with Crippen molar-refractivity contribution in [2.75, 3.05) is 38.8 Å². The first-order valence-corrected chi connectivity index (χ1v) is 13.1. The first-order valence-electron chi connectivity index (χ1n) is 13.1. The van der Waals surface area contributed by atoms with Crippen molar-refractivity contribution < 1.29 is 33.0 Å². The summed E-state index contributed by atoms with van der Waals surface area (Å²) >= 11 is 0. The van der Waals surface area contributed by atoms with Gasteiger partial charge in [-0.3, -0.25) is 19.3 Å². The maximum atomic E-state index is 13.9. The van der Waals surface area contributed by atoms with Crippen LogP contribution in [0.3, 0.4) is 0 Å². The highest BCUT2D eigenvalue weighted by atomic mass is 16.5. The molecule has 4 rings (SSSR count). The van der Waals surface area contributed by atoms with Crippen molar-refractivity contribution in [3.63, 3.8) is 0 Å². The van der Waals surface area contributed by atoms with E-state index >= 15 is 0 Å². The molecule has 0 radical (unpaired) electrons. The molecule has 212 valence electrons. The van der Waals surface area contributed by atoms with E-state index in [1.807, 2.05) is 32.0 Å². The molecule has 0 bridgehead atoms. The zero-order chi connectivity index (χ0) is 28.6. The Bertz CT molecular complexity index is 1310. The molecule has 2 heterocycles. The van der Waals surface area contributed by atoms with E-state index in [-0.39, 0.29) is 18.4 Å². The summed E-state index contributed by atoms with van der Waals surface area (Å²) in [5.41, 5.74) is 2.85. The molecule has 0 spiro atoms. The van der Waals surface area contributed by atoms with Crippen LogP contribution < -0.4 is 25.0 Å². The summed E-state index contributed by atoms with van der Waals surface area (Å²) in [7, 11) is 3.03. The summed E-state index contributed by atoms with van der Waals surface area (Å²) < 4.78 is 21.7. The summed E-state index contributed by atoms with van der Waals surface area (Å²) in [6.07, 6.45) is 3.07. The smallest absolute Gasteiger partial charge is 0.287 e. The van der Waals surface area contributed by atoms with Gasteiger partial charge in [0.2, 0.25) is 11.8 Å². The van der Waals surface area contributed by atoms with Crippen molar-refractivity contribution in [1.29, 1.82) is 0 Å². The number of benzene rings is 2. The van der Waals surface area contributed by atoms with Gasteiger partial charge in [-0.05, 0) is 79.8 Å². The Hall–Kier alpha value is -4.31. The molecule has 2 N–H and O–H groups in total. The van der Waals surface area contributed by atoms with E-state index in [0.29, 0.717) is 35.9 Å². The molecule has 0 aliphatic carbocycles. The molecule has 10 nitrogen and oxygen atoms in total. The van der Waals surface area contributed by atoms with E-state index in [1.54, 1.807) is 24.3 Å². The number of ether oxygens (including phenoxy) is 3. The van der Waals surface area contributed by atoms with E-state index in [4.69, 9.17) is 18.6 Å². The predicted octanol–water partition coefficient (Wildman–Crippen LogP) is 3.71. The second kappa shape index (κ2) is 13.2. The molecule has 1 aromatic heterocycles. The van der Waals surface area contributed by atoms with Crippen LogP contribution in [0.25, 0.3) is 0 Å². The maximum Gasteiger partial charge on any atom is 0.287 e. The first-order chi connectivity index (χ1) is 19.3. The molecule has 2 atom stereocenters. The molecule has 1 fully saturated rings. The van der Waals surface area contributed by atoms with Crippen LogP contribution in [0, 0.1) is 13.8 Å². The molecule has 40 heavy (non-hydrogen) atoms. The number of nitrogens with one attached hydrogen (secondary N) is 2. The van der Waals surface area contributed by atoms with Gasteiger partial charge in [-0.2, -0.15) is 0 Å². The van der Waals surface area contributed by atoms with Crippen LogP contribution in [0.5, 0.6) is 11.5 Å². The van der Waals surface area contributed by atoms with Gasteiger partial charge in [0.25, 0.3) is 5.91 Å². The highest BCUT2D eigenvalue weighted by molar-refractivity contribution is 6.04. The van der Waals surface area contributed by atoms with Gasteiger partial charge < -0.3 is 29.3 Å². The minimum atomic E-state index is -1.09. The van der Waals surface area contributed by atoms with Gasteiger partial charge in [0.1, 0.15) is 6.04 Å². The molecular formula is C30H35N3O7. The van der Waals surface area contributed by atoms with Gasteiger partial charge in [-0.15, -0.1) is 0 Å². The minimum absolute atomic E-state index is 0.0801. The average Bonchev–Trinajstić information content (AvgIpc) is 3.67. The molecule has 3 aromatic rings. The van der Waals surface area contributed by atoms with Gasteiger partial charge in [0, 0.05) is 18.8 Å². The summed E-state index contributed by atoms with van der Waals surface area (Å²) in [5.74, 6) is -0.444. The fourth-order valence-electron chi connectivity index (χ4n) is 4.82. The molecule has 0 saturated carbocycles. The Labute approximate surface area is 233 Å². The quantitative estimate of drug-likeness (QED) is 0.374. The number of amides is 3. The number of carbonyl (C=O) groups is 3. The number of methoxy groups -OCH3 is 2. The second-order valence-electron chi connectivity index (χ2n) is 9.67. The van der Waals surface area contributed by atoms with Crippen LogP contribution in [-0.2, 0) is 14.3 Å². The molecule has 1 aliphatic rings. The van der Waals surface area contributed by atoms with Gasteiger partial charge in [0.15, 0.2) is 17.3 Å². The largest absolute Gasteiger partial charge is 0.493 e. The Morgan fingerprint density at radius 3 is 2.38 bits per heavy atom. The monoisotopic (exact) mass is 549 g/mol. The summed E-state index contributed by atoms with van der Waals surface area (Å²) in [4.78, 5) is 41.8. The third-order valence-electron chi connectivity index (χ3n) is 6.66. The van der Waals surface area contributed by atoms with Crippen molar-refractivity contribution in [3.8, 4) is 11.5 Å². The minimum Gasteiger partial charge on any atom is -0.493 e. The van der Waals surface area contributed by atoms with Crippen molar-refractivity contribution >= 4 is 23.4 Å². The van der Waals surface area contributed by atoms with Crippen LogP contribution in [-0.4, -0.2) is 57.7 Å². The van der Waals surface area contributed by atoms with Crippen LogP contribution in [0.15, 0.2) is 59.2 Å². The summed E-state index contributed by atoms with van der Waals surface area (Å²) in [5, 5.41) is 5.59. The van der Waals surface area contributed by atoms with Crippen molar-refractivity contribution in [3.05, 3.63) is 77.2 Å². The van der Waals surface area contributed by atoms with Crippen LogP contribution in [0.4, 0.5) is 5.69 Å². The van der Waals surface area contributed by atoms with Crippen molar-refractivity contribution in [2.24, 2.45) is 0 Å². The molecule has 1 aliphatic heterocycles. The van der Waals surface area contributed by atoms with E-state index in [1.165, 1.54) is 31.4 Å². The average molecular weight is 550 g/mol. The van der Waals surface area contributed by atoms with E-state index in [2.05, 4.69) is 10.6 Å². The van der Waals surface area contributed by atoms with E-state index in [9.17, 15) is 14.4 Å². The zero-order valence-electron chi connectivity index (χ0n) is 23.2. The maximum absolute atomic E-state index is 13.9. The Balaban J connectivity index is 1.74. The van der Waals surface area contributed by atoms with Gasteiger partial charge in [0.05, 0.1) is 33.1 Å². The number of hydrogen-bond donors (Lipinski definition) is 2. The van der Waals surface area contributed by atoms with Crippen molar-refractivity contribution in [1.82, 2.24) is 10.6 Å². The Morgan fingerprint density at radius 1 is 1.00 bits per heavy atom. The standard InChI is InChI=1S/C30H35N3O7/c1-19-13-20(2)15-22(14-19)33(27(34)18-32-29(35)25-8-6-12-40-25)28(30(36)31-17-23-7-5-11-39-23)21-9-10-24(37-3)26(16-21)38-4/h6,8-10,12-16,23,28H,5,7,11,17-18H2,1-4H3,(H,31,36)(H,32,35)/t23-,28-/m1/s1. The molecule has 1 saturated heterocycles. The zero-order valence-corrected chi connectivity index (χ0v) is 23.2. The number of rotatable bonds is 11. The lowest BCUT2D eigenvalue weighted by atomic mass is 10.0. The highest BCUT2D eigenvalue weighted by Crippen LogP contribution is 2.35. The number of anilines is 1. The van der Waals surface area contributed by atoms with Gasteiger partial charge >= 0.3 is 0 Å². The lowest BCUT2D eigenvalue weighted by molar-refractivity contribution is -0.126. The summed E-state index contributed by atoms with van der Waals surface area (Å²) in [6, 6.07) is 12.7. The molecule has 0 unspecified atom stereocenters. The van der Waals surface area contributed by atoms with Crippen LogP contribution >= 0.6 is 0 Å². The third kappa shape index (κ3) is 6.81. The number of nitrogens with zero attached hydrogens (tertiary/aromatic N) is 1. The second-order valence-corrected chi connectivity index (χ2v) is 9.67. The first kappa shape index (κ1) is 28.7. The third-order valence-corrected chi connectivity index (χ3v) is 6.66. The summed E-state index contributed by atoms with van der Waals surface area (Å²) in [6.45, 7) is 4.44. The van der Waals surface area contributed by atoms with Gasteiger partial charge in [-0.1, -0.05) is 12.1 Å². The van der Waals surface area contributed by atoms with Gasteiger partial charge in [-0.25, -0.2) is 0 Å². The van der Waals surface area contributed by atoms with Crippen LogP contribution in [0.1, 0.15) is 46.1 Å². The molecular weight excluding hydrogens is 514 g/mol. The number of furan rings is 1. The number of carbonyl (C=O) groups excluding carboxylic acids is 3. The Kier molecular flexibility index (Phi) is 9.44. The fraction of sp³-hybridized carbons (Fsp3) is 0.367. The number of hydrogen-bond acceptors (Lipinski definition) is 7. The van der Waals surface area contributed by atoms with Crippen molar-refractivity contribution in [2.45, 2.75) is 38.8 Å². The van der Waals surface area contributed by atoms with Crippen LogP contribution in [0.2, 0.25) is 0 Å². The molecule has 2 aromatic carbocycles. The fourth-order valence-corrected chi connectivity index (χ4v) is 4.82. The predicted molar refractivity (Wildman–Crippen MR) is 149 cm³/mol. The highest BCUT2D eigenvalue weighted by Gasteiger charge is 2.34. The molecule has 10 heteroatoms. The lowest BCUT2D eigenvalue weighted by Gasteiger charge is -2.32. The van der Waals surface area contributed by atoms with E-state index in [0.717, 1.165) is 24.0 Å².